The minimum absolute atomic E-state index is 0.0147. The molecule has 1 amide bonds. The Kier molecular flexibility index (Phi) is 11.0. The second-order valence-corrected chi connectivity index (χ2v) is 10.6. The van der Waals surface area contributed by atoms with Gasteiger partial charge in [-0.25, -0.2) is 0 Å². The molecule has 41 heavy (non-hydrogen) atoms. The molecule has 0 aliphatic carbocycles. The highest BCUT2D eigenvalue weighted by Crippen LogP contribution is 2.42. The predicted octanol–water partition coefficient (Wildman–Crippen LogP) is 4.73. The van der Waals surface area contributed by atoms with E-state index in [9.17, 15) is 14.7 Å². The Morgan fingerprint density at radius 2 is 1.71 bits per heavy atom. The molecule has 1 aliphatic rings. The Hall–Kier alpha value is -3.63. The maximum Gasteiger partial charge on any atom is 0.303 e. The van der Waals surface area contributed by atoms with Gasteiger partial charge in [-0.1, -0.05) is 49.4 Å². The molecule has 1 aromatic heterocycles. The molecule has 0 saturated carbocycles. The molecule has 2 aromatic carbocycles. The zero-order valence-electron chi connectivity index (χ0n) is 23.6. The first kappa shape index (κ1) is 30.3. The number of benzene rings is 2. The maximum absolute atomic E-state index is 12.2. The topological polar surface area (TPSA) is 121 Å². The fourth-order valence-electron chi connectivity index (χ4n) is 4.93. The van der Waals surface area contributed by atoms with Crippen LogP contribution in [0.3, 0.4) is 0 Å². The van der Waals surface area contributed by atoms with Crippen molar-refractivity contribution in [2.75, 3.05) is 25.5 Å². The Balaban J connectivity index is 1.45. The van der Waals surface area contributed by atoms with E-state index >= 15 is 0 Å². The number of aliphatic hydroxyl groups is 1. The number of carbonyl (C=O) groups is 2. The summed E-state index contributed by atoms with van der Waals surface area (Å²) in [6, 6.07) is 21.1. The third-order valence-electron chi connectivity index (χ3n) is 7.35. The number of pyridine rings is 1. The van der Waals surface area contributed by atoms with Gasteiger partial charge in [-0.3, -0.25) is 14.6 Å². The van der Waals surface area contributed by atoms with Crippen molar-refractivity contribution in [1.29, 1.82) is 0 Å². The first-order valence-electron chi connectivity index (χ1n) is 14.0. The summed E-state index contributed by atoms with van der Waals surface area (Å²) >= 11 is 0. The molecule has 9 heteroatoms. The number of rotatable bonds is 13. The number of aromatic nitrogens is 1. The third kappa shape index (κ3) is 8.93. The molecule has 2 heterocycles. The number of hydrogen-bond acceptors (Lipinski definition) is 7. The molecule has 0 spiro atoms. The number of likely N-dealkylation sites (N-methyl/N-ethyl adjacent to an activating group) is 1. The second-order valence-electron chi connectivity index (χ2n) is 10.6. The number of carboxylic acids is 1. The molecule has 1 saturated heterocycles. The van der Waals surface area contributed by atoms with Gasteiger partial charge in [-0.2, -0.15) is 0 Å². The Morgan fingerprint density at radius 1 is 0.976 bits per heavy atom. The summed E-state index contributed by atoms with van der Waals surface area (Å²) in [5, 5.41) is 21.1. The van der Waals surface area contributed by atoms with Crippen LogP contribution in [0.4, 0.5) is 5.69 Å². The lowest BCUT2D eigenvalue weighted by Crippen LogP contribution is -2.43. The van der Waals surface area contributed by atoms with Crippen molar-refractivity contribution in [1.82, 2.24) is 9.88 Å². The van der Waals surface area contributed by atoms with E-state index < -0.39 is 12.3 Å². The summed E-state index contributed by atoms with van der Waals surface area (Å²) in [7, 11) is 2.09. The molecule has 0 radical (unpaired) electrons. The van der Waals surface area contributed by atoms with Crippen molar-refractivity contribution in [2.24, 2.45) is 5.92 Å². The Labute approximate surface area is 241 Å². The van der Waals surface area contributed by atoms with Crippen LogP contribution >= 0.6 is 0 Å². The van der Waals surface area contributed by atoms with Crippen LogP contribution in [0.1, 0.15) is 61.0 Å². The van der Waals surface area contributed by atoms with Gasteiger partial charge < -0.3 is 29.9 Å². The standard InChI is InChI=1S/C32H39N3O6/c1-22-28(20-35(2)19-17-26-6-3-4-18-33-26)40-32(41-31(22)24-11-9-23(21-36)10-12-24)25-13-15-27(16-14-25)34-29(37)7-5-8-30(38)39/h3-4,6,9-16,18,22,28,31-32,36H,5,7-8,17,19-21H2,1-2H3,(H,34,37)(H,38,39)/t22-,28+,31+,32+/m0/s1. The number of nitrogens with one attached hydrogen (secondary N) is 1. The van der Waals surface area contributed by atoms with Gasteiger partial charge in [-0.05, 0) is 48.9 Å². The number of nitrogens with zero attached hydrogens (tertiary/aromatic N) is 2. The first-order valence-corrected chi connectivity index (χ1v) is 14.0. The number of carbonyl (C=O) groups excluding carboxylic acids is 1. The van der Waals surface area contributed by atoms with E-state index in [4.69, 9.17) is 14.6 Å². The molecule has 1 fully saturated rings. The Bertz CT molecular complexity index is 1250. The number of carboxylic acid groups (broad SMARTS) is 1. The van der Waals surface area contributed by atoms with Crippen LogP contribution in [0.15, 0.2) is 72.9 Å². The van der Waals surface area contributed by atoms with Crippen LogP contribution in [0.2, 0.25) is 0 Å². The fraction of sp³-hybridized carbons (Fsp3) is 0.406. The van der Waals surface area contributed by atoms with Crippen LogP contribution in [-0.4, -0.2) is 58.2 Å². The summed E-state index contributed by atoms with van der Waals surface area (Å²) in [5.41, 5.74) is 4.37. The minimum atomic E-state index is -0.913. The molecule has 218 valence electrons. The molecule has 0 unspecified atom stereocenters. The fourth-order valence-corrected chi connectivity index (χ4v) is 4.93. The van der Waals surface area contributed by atoms with Crippen LogP contribution in [0.25, 0.3) is 0 Å². The summed E-state index contributed by atoms with van der Waals surface area (Å²) in [5.74, 6) is -1.07. The normalized spacial score (nSPS) is 20.6. The van der Waals surface area contributed by atoms with E-state index in [2.05, 4.69) is 29.2 Å². The van der Waals surface area contributed by atoms with Crippen molar-refractivity contribution in [2.45, 2.75) is 57.7 Å². The van der Waals surface area contributed by atoms with Gasteiger partial charge in [0.25, 0.3) is 0 Å². The molecular formula is C32H39N3O6. The van der Waals surface area contributed by atoms with Gasteiger partial charge in [0.1, 0.15) is 0 Å². The average molecular weight is 562 g/mol. The average Bonchev–Trinajstić information content (AvgIpc) is 2.98. The van der Waals surface area contributed by atoms with Crippen molar-refractivity contribution >= 4 is 17.6 Å². The van der Waals surface area contributed by atoms with Crippen LogP contribution in [0, 0.1) is 5.92 Å². The number of ether oxygens (including phenoxy) is 2. The van der Waals surface area contributed by atoms with Crippen LogP contribution in [0.5, 0.6) is 0 Å². The number of anilines is 1. The number of aliphatic hydroxyl groups excluding tert-OH is 1. The van der Waals surface area contributed by atoms with Gasteiger partial charge in [0, 0.05) is 61.4 Å². The quantitative estimate of drug-likeness (QED) is 0.274. The highest BCUT2D eigenvalue weighted by molar-refractivity contribution is 5.90. The highest BCUT2D eigenvalue weighted by Gasteiger charge is 2.38. The van der Waals surface area contributed by atoms with Gasteiger partial charge in [0.2, 0.25) is 5.91 Å². The number of aliphatic carboxylic acids is 1. The summed E-state index contributed by atoms with van der Waals surface area (Å²) < 4.78 is 13.1. The monoisotopic (exact) mass is 561 g/mol. The molecule has 1 aliphatic heterocycles. The smallest absolute Gasteiger partial charge is 0.303 e. The largest absolute Gasteiger partial charge is 0.481 e. The van der Waals surface area contributed by atoms with Gasteiger partial charge >= 0.3 is 5.97 Å². The van der Waals surface area contributed by atoms with Crippen LogP contribution in [-0.2, 0) is 32.1 Å². The SMILES string of the molecule is C[C@H]1[C@@H](CN(C)CCc2ccccn2)O[C@@H](c2ccc(NC(=O)CCCC(=O)O)cc2)O[C@H]1c1ccc(CO)cc1. The van der Waals surface area contributed by atoms with E-state index in [0.717, 1.165) is 35.3 Å². The van der Waals surface area contributed by atoms with Gasteiger partial charge in [0.15, 0.2) is 6.29 Å². The lowest BCUT2D eigenvalue weighted by Gasteiger charge is -2.42. The third-order valence-corrected chi connectivity index (χ3v) is 7.35. The van der Waals surface area contributed by atoms with E-state index in [1.165, 1.54) is 0 Å². The summed E-state index contributed by atoms with van der Waals surface area (Å²) in [6.07, 6.45) is 2.11. The van der Waals surface area contributed by atoms with Crippen molar-refractivity contribution in [3.05, 3.63) is 95.3 Å². The molecule has 4 atom stereocenters. The van der Waals surface area contributed by atoms with Crippen molar-refractivity contribution in [3.63, 3.8) is 0 Å². The minimum Gasteiger partial charge on any atom is -0.481 e. The number of amides is 1. The van der Waals surface area contributed by atoms with E-state index in [1.54, 1.807) is 12.1 Å². The van der Waals surface area contributed by atoms with E-state index in [1.807, 2.05) is 60.8 Å². The van der Waals surface area contributed by atoms with Crippen molar-refractivity contribution in [3.8, 4) is 0 Å². The lowest BCUT2D eigenvalue weighted by atomic mass is 9.90. The van der Waals surface area contributed by atoms with Gasteiger partial charge in [-0.15, -0.1) is 0 Å². The molecule has 4 rings (SSSR count). The van der Waals surface area contributed by atoms with E-state index in [0.29, 0.717) is 18.7 Å². The molecule has 3 aromatic rings. The predicted molar refractivity (Wildman–Crippen MR) is 155 cm³/mol. The Morgan fingerprint density at radius 3 is 2.37 bits per heavy atom. The molecule has 3 N–H and O–H groups in total. The second kappa shape index (κ2) is 14.8. The zero-order chi connectivity index (χ0) is 29.2. The molecule has 9 nitrogen and oxygen atoms in total. The zero-order valence-corrected chi connectivity index (χ0v) is 23.6. The van der Waals surface area contributed by atoms with E-state index in [-0.39, 0.29) is 43.5 Å². The summed E-state index contributed by atoms with van der Waals surface area (Å²) in [4.78, 5) is 29.6. The lowest BCUT2D eigenvalue weighted by molar-refractivity contribution is -0.275. The maximum atomic E-state index is 12.2. The van der Waals surface area contributed by atoms with Crippen LogP contribution < -0.4 is 5.32 Å². The molecule has 0 bridgehead atoms. The molecular weight excluding hydrogens is 522 g/mol. The number of hydrogen-bond donors (Lipinski definition) is 3. The summed E-state index contributed by atoms with van der Waals surface area (Å²) in [6.45, 7) is 3.68. The highest BCUT2D eigenvalue weighted by atomic mass is 16.7. The van der Waals surface area contributed by atoms with Gasteiger partial charge in [0.05, 0.1) is 18.8 Å². The first-order chi connectivity index (χ1) is 19.8. The van der Waals surface area contributed by atoms with Crippen molar-refractivity contribution < 1.29 is 29.3 Å².